The Balaban J connectivity index is 1.11. The van der Waals surface area contributed by atoms with Crippen molar-refractivity contribution < 1.29 is 23.1 Å². The van der Waals surface area contributed by atoms with Gasteiger partial charge in [-0.2, -0.15) is 4.39 Å². The van der Waals surface area contributed by atoms with E-state index in [1.54, 1.807) is 28.8 Å². The van der Waals surface area contributed by atoms with E-state index in [1.165, 1.54) is 36.9 Å². The van der Waals surface area contributed by atoms with E-state index in [0.29, 0.717) is 54.3 Å². The Hall–Kier alpha value is -5.50. The summed E-state index contributed by atoms with van der Waals surface area (Å²) < 4.78 is 37.2. The van der Waals surface area contributed by atoms with Crippen molar-refractivity contribution in [2.45, 2.75) is 32.6 Å². The summed E-state index contributed by atoms with van der Waals surface area (Å²) in [5.41, 5.74) is 2.73. The summed E-state index contributed by atoms with van der Waals surface area (Å²) in [4.78, 5) is 41.9. The van der Waals surface area contributed by atoms with E-state index < -0.39 is 11.6 Å². The van der Waals surface area contributed by atoms with Gasteiger partial charge in [-0.15, -0.1) is 0 Å². The third kappa shape index (κ3) is 7.23. The summed E-state index contributed by atoms with van der Waals surface area (Å²) in [5, 5.41) is 12.4. The Kier molecular flexibility index (Phi) is 10.1. The molecule has 48 heavy (non-hydrogen) atoms. The number of imidazole rings is 1. The number of hydrogen-bond acceptors (Lipinski definition) is 9. The molecule has 1 saturated heterocycles. The van der Waals surface area contributed by atoms with Gasteiger partial charge in [0, 0.05) is 60.6 Å². The van der Waals surface area contributed by atoms with Crippen LogP contribution in [0, 0.1) is 17.6 Å². The smallest absolute Gasteiger partial charge is 0.321 e. The van der Waals surface area contributed by atoms with E-state index in [4.69, 9.17) is 4.74 Å². The largest absolute Gasteiger partial charge is 0.421 e. The number of hydrogen-bond donors (Lipinski definition) is 4. The summed E-state index contributed by atoms with van der Waals surface area (Å²) in [6.07, 6.45) is 10.4. The van der Waals surface area contributed by atoms with Gasteiger partial charge in [-0.3, -0.25) is 14.0 Å². The molecule has 0 unspecified atom stereocenters. The molecule has 0 bridgehead atoms. The lowest BCUT2D eigenvalue weighted by atomic mass is 9.97. The van der Waals surface area contributed by atoms with E-state index in [2.05, 4.69) is 41.2 Å². The predicted octanol–water partition coefficient (Wildman–Crippen LogP) is 4.80. The second-order valence-electron chi connectivity index (χ2n) is 11.3. The lowest BCUT2D eigenvalue weighted by Gasteiger charge is -2.21. The molecule has 12 nitrogen and oxygen atoms in total. The first-order chi connectivity index (χ1) is 23.4. The molecule has 1 aliphatic heterocycles. The minimum atomic E-state index is -1.18. The third-order valence-corrected chi connectivity index (χ3v) is 8.14. The van der Waals surface area contributed by atoms with Gasteiger partial charge >= 0.3 is 6.01 Å². The number of aromatic nitrogens is 5. The van der Waals surface area contributed by atoms with Crippen molar-refractivity contribution in [2.24, 2.45) is 5.92 Å². The number of ether oxygens (including phenoxy) is 1. The standard InChI is InChI=1S/C34H35F2N9O3/c1-2-21-19-23(5-6-24(21)33(47)40-12-3-11-39-32(46)22-9-15-37-16-10-22)44-30-31-43-20-26(45(31)18-17-38-30)25-7-8-27(29(36)28(25)35)48-34-41-13-4-14-42-34/h4-8,13-14,17-20,22,37H,2-3,9-12,15-16H2,1H3,(H,38,44)(H,39,46)(H,40,47). The molecule has 0 radical (unpaired) electrons. The van der Waals surface area contributed by atoms with E-state index in [9.17, 15) is 9.59 Å². The van der Waals surface area contributed by atoms with Crippen molar-refractivity contribution >= 4 is 29.0 Å². The zero-order valence-electron chi connectivity index (χ0n) is 26.3. The van der Waals surface area contributed by atoms with Crippen molar-refractivity contribution in [2.75, 3.05) is 31.5 Å². The number of halogens is 2. The van der Waals surface area contributed by atoms with Crippen LogP contribution in [0.1, 0.15) is 42.1 Å². The predicted molar refractivity (Wildman–Crippen MR) is 175 cm³/mol. The average Bonchev–Trinajstić information content (AvgIpc) is 3.55. The molecular formula is C34H35F2N9O3. The van der Waals surface area contributed by atoms with Gasteiger partial charge in [0.2, 0.25) is 11.7 Å². The first-order valence-electron chi connectivity index (χ1n) is 15.8. The minimum Gasteiger partial charge on any atom is -0.421 e. The van der Waals surface area contributed by atoms with Gasteiger partial charge < -0.3 is 26.0 Å². The Morgan fingerprint density at radius 3 is 2.56 bits per heavy atom. The van der Waals surface area contributed by atoms with Gasteiger partial charge in [0.15, 0.2) is 23.0 Å². The van der Waals surface area contributed by atoms with E-state index in [1.807, 2.05) is 13.0 Å². The molecule has 2 amide bonds. The van der Waals surface area contributed by atoms with Crippen LogP contribution in [-0.4, -0.2) is 62.3 Å². The fourth-order valence-electron chi connectivity index (χ4n) is 5.60. The van der Waals surface area contributed by atoms with E-state index >= 15 is 8.78 Å². The van der Waals surface area contributed by atoms with Crippen LogP contribution in [0.3, 0.4) is 0 Å². The number of nitrogens with one attached hydrogen (secondary N) is 4. The van der Waals surface area contributed by atoms with Crippen molar-refractivity contribution in [1.82, 2.24) is 40.3 Å². The number of carbonyl (C=O) groups is 2. The van der Waals surface area contributed by atoms with Crippen molar-refractivity contribution in [3.8, 4) is 23.0 Å². The van der Waals surface area contributed by atoms with E-state index in [-0.39, 0.29) is 35.1 Å². The van der Waals surface area contributed by atoms with Gasteiger partial charge in [-0.25, -0.2) is 24.3 Å². The minimum absolute atomic E-state index is 0.0220. The van der Waals surface area contributed by atoms with Gasteiger partial charge in [0.1, 0.15) is 0 Å². The monoisotopic (exact) mass is 655 g/mol. The molecule has 0 spiro atoms. The van der Waals surface area contributed by atoms with Crippen molar-refractivity contribution in [1.29, 1.82) is 0 Å². The van der Waals surface area contributed by atoms with E-state index in [0.717, 1.165) is 31.5 Å². The summed E-state index contributed by atoms with van der Waals surface area (Å²) in [6, 6.07) is 9.56. The van der Waals surface area contributed by atoms with Crippen LogP contribution in [0.2, 0.25) is 0 Å². The van der Waals surface area contributed by atoms with Crippen LogP contribution in [0.25, 0.3) is 16.9 Å². The van der Waals surface area contributed by atoms with Crippen LogP contribution in [-0.2, 0) is 11.2 Å². The zero-order chi connectivity index (χ0) is 33.5. The van der Waals surface area contributed by atoms with Crippen LogP contribution in [0.15, 0.2) is 67.4 Å². The highest BCUT2D eigenvalue weighted by atomic mass is 19.2. The van der Waals surface area contributed by atoms with Gasteiger partial charge in [-0.05, 0) is 80.7 Å². The number of piperidine rings is 1. The number of nitrogens with zero attached hydrogens (tertiary/aromatic N) is 5. The lowest BCUT2D eigenvalue weighted by molar-refractivity contribution is -0.125. The molecule has 6 rings (SSSR count). The van der Waals surface area contributed by atoms with Crippen LogP contribution in [0.4, 0.5) is 20.3 Å². The highest BCUT2D eigenvalue weighted by Gasteiger charge is 2.22. The highest BCUT2D eigenvalue weighted by Crippen LogP contribution is 2.33. The average molecular weight is 656 g/mol. The molecule has 1 aliphatic rings. The van der Waals surface area contributed by atoms with Crippen LogP contribution >= 0.6 is 0 Å². The molecule has 4 heterocycles. The Morgan fingerprint density at radius 2 is 1.77 bits per heavy atom. The third-order valence-electron chi connectivity index (χ3n) is 8.14. The maximum Gasteiger partial charge on any atom is 0.321 e. The number of aryl methyl sites for hydroxylation is 1. The molecule has 5 aromatic rings. The SMILES string of the molecule is CCc1cc(Nc2nccn3c(-c4ccc(Oc5ncccn5)c(F)c4F)cnc23)ccc1C(=O)NCCCNC(=O)C1CCNCC1. The number of fused-ring (bicyclic) bond motifs is 1. The maximum atomic E-state index is 15.3. The van der Waals surface area contributed by atoms with Crippen LogP contribution in [0.5, 0.6) is 11.8 Å². The fourth-order valence-corrected chi connectivity index (χ4v) is 5.60. The van der Waals surface area contributed by atoms with Crippen molar-refractivity contribution in [3.63, 3.8) is 0 Å². The van der Waals surface area contributed by atoms with Gasteiger partial charge in [-0.1, -0.05) is 6.92 Å². The Morgan fingerprint density at radius 1 is 0.979 bits per heavy atom. The fraction of sp³-hybridized carbons (Fsp3) is 0.294. The van der Waals surface area contributed by atoms with Gasteiger partial charge in [0.25, 0.3) is 5.91 Å². The molecule has 0 atom stereocenters. The summed E-state index contributed by atoms with van der Waals surface area (Å²) in [6.45, 7) is 4.63. The quantitative estimate of drug-likeness (QED) is 0.139. The number of rotatable bonds is 12. The number of benzene rings is 2. The highest BCUT2D eigenvalue weighted by molar-refractivity contribution is 5.96. The Labute approximate surface area is 275 Å². The first-order valence-corrected chi connectivity index (χ1v) is 15.8. The topological polar surface area (TPSA) is 147 Å². The molecule has 248 valence electrons. The molecule has 0 saturated carbocycles. The number of carbonyl (C=O) groups excluding carboxylic acids is 2. The Bertz CT molecular complexity index is 1910. The second-order valence-corrected chi connectivity index (χ2v) is 11.3. The molecule has 14 heteroatoms. The summed E-state index contributed by atoms with van der Waals surface area (Å²) in [5.74, 6) is -2.31. The molecule has 2 aromatic carbocycles. The molecule has 0 aliphatic carbocycles. The second kappa shape index (κ2) is 14.9. The molecular weight excluding hydrogens is 620 g/mol. The summed E-state index contributed by atoms with van der Waals surface area (Å²) in [7, 11) is 0. The van der Waals surface area contributed by atoms with Crippen molar-refractivity contribution in [3.05, 3.63) is 90.1 Å². The maximum absolute atomic E-state index is 15.3. The number of anilines is 2. The lowest BCUT2D eigenvalue weighted by Crippen LogP contribution is -2.39. The zero-order valence-corrected chi connectivity index (χ0v) is 26.3. The molecule has 4 N–H and O–H groups in total. The number of amides is 2. The van der Waals surface area contributed by atoms with Crippen LogP contribution < -0.4 is 26.0 Å². The summed E-state index contributed by atoms with van der Waals surface area (Å²) >= 11 is 0. The normalized spacial score (nSPS) is 13.3. The molecule has 1 fully saturated rings. The molecule has 3 aromatic heterocycles. The van der Waals surface area contributed by atoms with Gasteiger partial charge in [0.05, 0.1) is 11.9 Å². The first kappa shape index (κ1) is 32.4.